The van der Waals surface area contributed by atoms with Gasteiger partial charge < -0.3 is 14.1 Å². The molecular weight excluding hydrogens is 422 g/mol. The average Bonchev–Trinajstić information content (AvgIpc) is 3.41. The first kappa shape index (κ1) is 22.1. The summed E-state index contributed by atoms with van der Waals surface area (Å²) in [7, 11) is 0. The van der Waals surface area contributed by atoms with Gasteiger partial charge in [0, 0.05) is 18.7 Å². The number of hydrogen-bond donors (Lipinski definition) is 2. The molecule has 1 atom stereocenters. The van der Waals surface area contributed by atoms with E-state index in [0.717, 1.165) is 11.1 Å². The van der Waals surface area contributed by atoms with Crippen molar-refractivity contribution in [3.05, 3.63) is 78.8 Å². The third-order valence-electron chi connectivity index (χ3n) is 5.47. The molecule has 0 bridgehead atoms. The fraction of sp³-hybridized carbons (Fsp3) is 0.240. The SMILES string of the molecule is O=C(COc1ccccc1-c1ccccc1)NNC(=O)C1CCCN(C(=O)c2ccco2)C1. The number of hydrazine groups is 1. The Morgan fingerprint density at radius 3 is 2.55 bits per heavy atom. The van der Waals surface area contributed by atoms with Crippen LogP contribution in [0.2, 0.25) is 0 Å². The molecule has 2 N–H and O–H groups in total. The first-order valence-corrected chi connectivity index (χ1v) is 10.8. The Kier molecular flexibility index (Phi) is 7.04. The molecule has 0 radical (unpaired) electrons. The van der Waals surface area contributed by atoms with Gasteiger partial charge in [0.1, 0.15) is 5.75 Å². The lowest BCUT2D eigenvalue weighted by atomic mass is 9.97. The van der Waals surface area contributed by atoms with Gasteiger partial charge in [0.15, 0.2) is 12.4 Å². The molecule has 1 aliphatic rings. The van der Waals surface area contributed by atoms with Crippen molar-refractivity contribution in [2.75, 3.05) is 19.7 Å². The van der Waals surface area contributed by atoms with Crippen LogP contribution in [-0.2, 0) is 9.59 Å². The molecular formula is C25H25N3O5. The van der Waals surface area contributed by atoms with E-state index in [1.165, 1.54) is 6.26 Å². The molecule has 0 spiro atoms. The Morgan fingerprint density at radius 1 is 0.970 bits per heavy atom. The summed E-state index contributed by atoms with van der Waals surface area (Å²) in [5.74, 6) is -0.665. The summed E-state index contributed by atoms with van der Waals surface area (Å²) in [6, 6.07) is 20.4. The molecule has 1 fully saturated rings. The van der Waals surface area contributed by atoms with E-state index in [4.69, 9.17) is 9.15 Å². The molecule has 170 valence electrons. The number of nitrogens with one attached hydrogen (secondary N) is 2. The van der Waals surface area contributed by atoms with Crippen LogP contribution in [0.5, 0.6) is 5.75 Å². The zero-order valence-electron chi connectivity index (χ0n) is 18.0. The fourth-order valence-electron chi connectivity index (χ4n) is 3.79. The molecule has 8 heteroatoms. The van der Waals surface area contributed by atoms with Gasteiger partial charge in [-0.1, -0.05) is 48.5 Å². The number of likely N-dealkylation sites (tertiary alicyclic amines) is 1. The minimum absolute atomic E-state index is 0.244. The van der Waals surface area contributed by atoms with Crippen LogP contribution in [0.3, 0.4) is 0 Å². The fourth-order valence-corrected chi connectivity index (χ4v) is 3.79. The van der Waals surface area contributed by atoms with Gasteiger partial charge in [-0.2, -0.15) is 0 Å². The minimum atomic E-state index is -0.481. The quantitative estimate of drug-likeness (QED) is 0.566. The van der Waals surface area contributed by atoms with E-state index in [2.05, 4.69) is 10.9 Å². The number of hydrogen-bond acceptors (Lipinski definition) is 5. The van der Waals surface area contributed by atoms with Gasteiger partial charge in [-0.05, 0) is 36.6 Å². The van der Waals surface area contributed by atoms with Crippen LogP contribution < -0.4 is 15.6 Å². The zero-order valence-corrected chi connectivity index (χ0v) is 18.0. The first-order chi connectivity index (χ1) is 16.1. The number of rotatable bonds is 6. The monoisotopic (exact) mass is 447 g/mol. The van der Waals surface area contributed by atoms with Gasteiger partial charge in [0.2, 0.25) is 5.91 Å². The molecule has 3 amide bonds. The third-order valence-corrected chi connectivity index (χ3v) is 5.47. The van der Waals surface area contributed by atoms with Crippen molar-refractivity contribution in [1.82, 2.24) is 15.8 Å². The second-order valence-electron chi connectivity index (χ2n) is 7.76. The number of nitrogens with zero attached hydrogens (tertiary/aromatic N) is 1. The van der Waals surface area contributed by atoms with Crippen molar-refractivity contribution in [2.45, 2.75) is 12.8 Å². The average molecular weight is 447 g/mol. The van der Waals surface area contributed by atoms with Crippen LogP contribution >= 0.6 is 0 Å². The van der Waals surface area contributed by atoms with Crippen molar-refractivity contribution in [1.29, 1.82) is 0 Å². The zero-order chi connectivity index (χ0) is 23.0. The predicted molar refractivity (Wildman–Crippen MR) is 121 cm³/mol. The van der Waals surface area contributed by atoms with E-state index in [1.54, 1.807) is 23.1 Å². The van der Waals surface area contributed by atoms with Gasteiger partial charge in [0.25, 0.3) is 11.8 Å². The van der Waals surface area contributed by atoms with Crippen molar-refractivity contribution in [2.24, 2.45) is 5.92 Å². The second-order valence-corrected chi connectivity index (χ2v) is 7.76. The Balaban J connectivity index is 1.26. The predicted octanol–water partition coefficient (Wildman–Crippen LogP) is 3.03. The lowest BCUT2D eigenvalue weighted by Gasteiger charge is -2.31. The summed E-state index contributed by atoms with van der Waals surface area (Å²) in [6.07, 6.45) is 2.76. The van der Waals surface area contributed by atoms with Crippen molar-refractivity contribution < 1.29 is 23.5 Å². The summed E-state index contributed by atoms with van der Waals surface area (Å²) in [6.45, 7) is 0.574. The third kappa shape index (κ3) is 5.60. The number of benzene rings is 2. The van der Waals surface area contributed by atoms with Crippen LogP contribution in [-0.4, -0.2) is 42.3 Å². The highest BCUT2D eigenvalue weighted by Gasteiger charge is 2.30. The Labute approximate surface area is 191 Å². The van der Waals surface area contributed by atoms with E-state index in [0.29, 0.717) is 25.1 Å². The topological polar surface area (TPSA) is 101 Å². The highest BCUT2D eigenvalue weighted by atomic mass is 16.5. The number of piperidine rings is 1. The molecule has 33 heavy (non-hydrogen) atoms. The molecule has 8 nitrogen and oxygen atoms in total. The summed E-state index contributed by atoms with van der Waals surface area (Å²) in [5.41, 5.74) is 6.70. The van der Waals surface area contributed by atoms with E-state index >= 15 is 0 Å². The summed E-state index contributed by atoms with van der Waals surface area (Å²) in [4.78, 5) is 38.8. The van der Waals surface area contributed by atoms with E-state index < -0.39 is 11.8 Å². The highest BCUT2D eigenvalue weighted by molar-refractivity contribution is 5.92. The molecule has 3 aromatic rings. The first-order valence-electron chi connectivity index (χ1n) is 10.8. The van der Waals surface area contributed by atoms with E-state index in [1.807, 2.05) is 48.5 Å². The number of ether oxygens (including phenoxy) is 1. The van der Waals surface area contributed by atoms with Gasteiger partial charge >= 0.3 is 0 Å². The highest BCUT2D eigenvalue weighted by Crippen LogP contribution is 2.29. The normalized spacial score (nSPS) is 15.5. The molecule has 1 unspecified atom stereocenters. The van der Waals surface area contributed by atoms with Crippen molar-refractivity contribution >= 4 is 17.7 Å². The summed E-state index contributed by atoms with van der Waals surface area (Å²) >= 11 is 0. The number of amides is 3. The Hall–Kier alpha value is -4.07. The number of carbonyl (C=O) groups is 3. The lowest BCUT2D eigenvalue weighted by molar-refractivity contribution is -0.132. The van der Waals surface area contributed by atoms with Crippen molar-refractivity contribution in [3.63, 3.8) is 0 Å². The Morgan fingerprint density at radius 2 is 1.76 bits per heavy atom. The largest absolute Gasteiger partial charge is 0.483 e. The standard InChI is InChI=1S/C25H25N3O5/c29-23(17-33-21-12-5-4-11-20(21)18-8-2-1-3-9-18)26-27-24(30)19-10-6-14-28(16-19)25(31)22-13-7-15-32-22/h1-5,7-9,11-13,15,19H,6,10,14,16-17H2,(H,26,29)(H,27,30). The van der Waals surface area contributed by atoms with Gasteiger partial charge in [-0.3, -0.25) is 25.2 Å². The molecule has 1 saturated heterocycles. The second kappa shape index (κ2) is 10.5. The van der Waals surface area contributed by atoms with Crippen LogP contribution in [0.25, 0.3) is 11.1 Å². The number of para-hydroxylation sites is 1. The van der Waals surface area contributed by atoms with E-state index in [-0.39, 0.29) is 30.7 Å². The van der Waals surface area contributed by atoms with E-state index in [9.17, 15) is 14.4 Å². The summed E-state index contributed by atoms with van der Waals surface area (Å²) in [5, 5.41) is 0. The number of carbonyl (C=O) groups excluding carboxylic acids is 3. The maximum Gasteiger partial charge on any atom is 0.289 e. The molecule has 1 aliphatic heterocycles. The molecule has 2 aromatic carbocycles. The van der Waals surface area contributed by atoms with Gasteiger partial charge in [0.05, 0.1) is 12.2 Å². The summed E-state index contributed by atoms with van der Waals surface area (Å²) < 4.78 is 10.9. The Bertz CT molecular complexity index is 1100. The molecule has 1 aromatic heterocycles. The molecule has 2 heterocycles. The van der Waals surface area contributed by atoms with Crippen LogP contribution in [0.1, 0.15) is 23.4 Å². The van der Waals surface area contributed by atoms with Crippen LogP contribution in [0.4, 0.5) is 0 Å². The van der Waals surface area contributed by atoms with Crippen LogP contribution in [0.15, 0.2) is 77.4 Å². The lowest BCUT2D eigenvalue weighted by Crippen LogP contribution is -2.50. The number of furan rings is 1. The van der Waals surface area contributed by atoms with Gasteiger partial charge in [-0.15, -0.1) is 0 Å². The molecule has 4 rings (SSSR count). The maximum atomic E-state index is 12.5. The smallest absolute Gasteiger partial charge is 0.289 e. The minimum Gasteiger partial charge on any atom is -0.483 e. The van der Waals surface area contributed by atoms with Crippen molar-refractivity contribution in [3.8, 4) is 16.9 Å². The molecule has 0 aliphatic carbocycles. The van der Waals surface area contributed by atoms with Crippen LogP contribution in [0, 0.1) is 5.92 Å². The molecule has 0 saturated carbocycles. The van der Waals surface area contributed by atoms with Gasteiger partial charge in [-0.25, -0.2) is 0 Å². The maximum absolute atomic E-state index is 12.5.